The van der Waals surface area contributed by atoms with Crippen molar-refractivity contribution in [3.05, 3.63) is 71.8 Å². The first kappa shape index (κ1) is 12.2. The topological polar surface area (TPSA) is 9.23 Å². The second-order valence-electron chi connectivity index (χ2n) is 4.88. The quantitative estimate of drug-likeness (QED) is 0.733. The van der Waals surface area contributed by atoms with Gasteiger partial charge in [0.1, 0.15) is 0 Å². The highest BCUT2D eigenvalue weighted by Gasteiger charge is 2.21. The van der Waals surface area contributed by atoms with Gasteiger partial charge in [-0.2, -0.15) is 0 Å². The van der Waals surface area contributed by atoms with Gasteiger partial charge in [-0.3, -0.25) is 0 Å². The Bertz CT molecular complexity index is 536. The van der Waals surface area contributed by atoms with Crippen LogP contribution in [0.25, 0.3) is 11.6 Å². The summed E-state index contributed by atoms with van der Waals surface area (Å²) in [6.07, 6.45) is 4.77. The molecule has 0 N–H and O–H groups in total. The van der Waals surface area contributed by atoms with E-state index in [4.69, 9.17) is 4.74 Å². The molecule has 19 heavy (non-hydrogen) atoms. The van der Waals surface area contributed by atoms with Crippen LogP contribution in [-0.2, 0) is 4.74 Å². The number of rotatable bonds is 3. The molecule has 1 fully saturated rings. The van der Waals surface area contributed by atoms with Crippen molar-refractivity contribution < 1.29 is 4.74 Å². The minimum Gasteiger partial charge on any atom is -0.374 e. The Morgan fingerprint density at radius 1 is 0.947 bits per heavy atom. The standard InChI is InChI=1S/C18H18O/c1-3-8-15(9-4-1)14-17(18-12-7-13-19-18)16-10-5-2-6-11-16/h1-6,8-11,14,18H,7,12-13H2. The number of hydrogen-bond donors (Lipinski definition) is 0. The van der Waals surface area contributed by atoms with E-state index in [2.05, 4.69) is 60.7 Å². The van der Waals surface area contributed by atoms with Gasteiger partial charge in [-0.25, -0.2) is 0 Å². The Morgan fingerprint density at radius 2 is 1.63 bits per heavy atom. The Balaban J connectivity index is 1.99. The largest absolute Gasteiger partial charge is 0.374 e. The minimum absolute atomic E-state index is 0.239. The summed E-state index contributed by atoms with van der Waals surface area (Å²) in [4.78, 5) is 0. The van der Waals surface area contributed by atoms with Gasteiger partial charge < -0.3 is 4.74 Å². The number of benzene rings is 2. The maximum absolute atomic E-state index is 5.87. The van der Waals surface area contributed by atoms with Crippen molar-refractivity contribution in [3.8, 4) is 0 Å². The van der Waals surface area contributed by atoms with Gasteiger partial charge in [0.05, 0.1) is 6.10 Å². The molecule has 1 atom stereocenters. The second kappa shape index (κ2) is 5.85. The third kappa shape index (κ3) is 2.94. The zero-order chi connectivity index (χ0) is 12.9. The van der Waals surface area contributed by atoms with Crippen LogP contribution in [0.15, 0.2) is 60.7 Å². The molecule has 3 rings (SSSR count). The molecule has 1 nitrogen and oxygen atoms in total. The normalized spacial score (nSPS) is 19.6. The predicted molar refractivity (Wildman–Crippen MR) is 79.7 cm³/mol. The monoisotopic (exact) mass is 250 g/mol. The van der Waals surface area contributed by atoms with Crippen molar-refractivity contribution in [2.75, 3.05) is 6.61 Å². The first-order valence-electron chi connectivity index (χ1n) is 6.87. The van der Waals surface area contributed by atoms with Crippen molar-refractivity contribution in [3.63, 3.8) is 0 Å². The lowest BCUT2D eigenvalue weighted by molar-refractivity contribution is 0.152. The van der Waals surface area contributed by atoms with Crippen molar-refractivity contribution in [2.24, 2.45) is 0 Å². The molecule has 1 aliphatic heterocycles. The van der Waals surface area contributed by atoms with Crippen molar-refractivity contribution in [2.45, 2.75) is 18.9 Å². The van der Waals surface area contributed by atoms with Crippen LogP contribution in [0.4, 0.5) is 0 Å². The van der Waals surface area contributed by atoms with Crippen LogP contribution in [0.5, 0.6) is 0 Å². The summed E-state index contributed by atoms with van der Waals surface area (Å²) in [5, 5.41) is 0. The fourth-order valence-corrected chi connectivity index (χ4v) is 2.54. The van der Waals surface area contributed by atoms with Crippen LogP contribution < -0.4 is 0 Å². The molecule has 2 aromatic rings. The molecular formula is C18H18O. The first-order chi connectivity index (χ1) is 9.43. The van der Waals surface area contributed by atoms with Crippen LogP contribution in [0, 0.1) is 0 Å². The Morgan fingerprint density at radius 3 is 2.26 bits per heavy atom. The molecule has 1 saturated heterocycles. The third-order valence-corrected chi connectivity index (χ3v) is 3.51. The van der Waals surface area contributed by atoms with Crippen molar-refractivity contribution in [1.82, 2.24) is 0 Å². The summed E-state index contributed by atoms with van der Waals surface area (Å²) in [6.45, 7) is 0.879. The van der Waals surface area contributed by atoms with E-state index < -0.39 is 0 Å². The predicted octanol–water partition coefficient (Wildman–Crippen LogP) is 4.41. The van der Waals surface area contributed by atoms with E-state index in [1.54, 1.807) is 0 Å². The Labute approximate surface area is 114 Å². The molecule has 1 unspecified atom stereocenters. The molecule has 1 heterocycles. The first-order valence-corrected chi connectivity index (χ1v) is 6.87. The van der Waals surface area contributed by atoms with Crippen LogP contribution in [0.2, 0.25) is 0 Å². The highest BCUT2D eigenvalue weighted by atomic mass is 16.5. The molecule has 0 aromatic heterocycles. The molecule has 0 bridgehead atoms. The van der Waals surface area contributed by atoms with Gasteiger partial charge in [0.25, 0.3) is 0 Å². The van der Waals surface area contributed by atoms with Crippen LogP contribution in [0.3, 0.4) is 0 Å². The maximum Gasteiger partial charge on any atom is 0.0831 e. The fourth-order valence-electron chi connectivity index (χ4n) is 2.54. The van der Waals surface area contributed by atoms with E-state index in [0.29, 0.717) is 0 Å². The van der Waals surface area contributed by atoms with Crippen molar-refractivity contribution in [1.29, 1.82) is 0 Å². The van der Waals surface area contributed by atoms with Crippen LogP contribution in [0.1, 0.15) is 24.0 Å². The van der Waals surface area contributed by atoms with E-state index in [9.17, 15) is 0 Å². The molecule has 0 aliphatic carbocycles. The van der Waals surface area contributed by atoms with Gasteiger partial charge in [0, 0.05) is 6.61 Å². The summed E-state index contributed by atoms with van der Waals surface area (Å²) >= 11 is 0. The lowest BCUT2D eigenvalue weighted by atomic mass is 9.96. The molecule has 0 saturated carbocycles. The summed E-state index contributed by atoms with van der Waals surface area (Å²) in [7, 11) is 0. The van der Waals surface area contributed by atoms with E-state index >= 15 is 0 Å². The van der Waals surface area contributed by atoms with Gasteiger partial charge in [-0.15, -0.1) is 0 Å². The summed E-state index contributed by atoms with van der Waals surface area (Å²) < 4.78 is 5.87. The Kier molecular flexibility index (Phi) is 3.75. The zero-order valence-corrected chi connectivity index (χ0v) is 11.0. The minimum atomic E-state index is 0.239. The van der Waals surface area contributed by atoms with E-state index in [-0.39, 0.29) is 6.10 Å². The SMILES string of the molecule is C(=C(c1ccccc1)C1CCCO1)c1ccccc1. The maximum atomic E-state index is 5.87. The Hall–Kier alpha value is -1.86. The molecule has 2 aromatic carbocycles. The lowest BCUT2D eigenvalue weighted by Gasteiger charge is -2.15. The fraction of sp³-hybridized carbons (Fsp3) is 0.222. The average molecular weight is 250 g/mol. The van der Waals surface area contributed by atoms with Gasteiger partial charge >= 0.3 is 0 Å². The average Bonchev–Trinajstić information content (AvgIpc) is 3.01. The molecule has 1 aliphatic rings. The van der Waals surface area contributed by atoms with E-state index in [1.807, 2.05) is 6.07 Å². The van der Waals surface area contributed by atoms with Gasteiger partial charge in [-0.05, 0) is 35.6 Å². The lowest BCUT2D eigenvalue weighted by Crippen LogP contribution is -2.07. The van der Waals surface area contributed by atoms with Gasteiger partial charge in [-0.1, -0.05) is 60.7 Å². The zero-order valence-electron chi connectivity index (χ0n) is 11.0. The number of ether oxygens (including phenoxy) is 1. The summed E-state index contributed by atoms with van der Waals surface area (Å²) in [6, 6.07) is 21.0. The molecule has 0 radical (unpaired) electrons. The van der Waals surface area contributed by atoms with E-state index in [1.165, 1.54) is 16.7 Å². The molecule has 96 valence electrons. The highest BCUT2D eigenvalue weighted by molar-refractivity contribution is 5.83. The van der Waals surface area contributed by atoms with Crippen molar-refractivity contribution >= 4 is 11.6 Å². The van der Waals surface area contributed by atoms with E-state index in [0.717, 1.165) is 19.4 Å². The summed E-state index contributed by atoms with van der Waals surface area (Å²) in [5.74, 6) is 0. The third-order valence-electron chi connectivity index (χ3n) is 3.51. The summed E-state index contributed by atoms with van der Waals surface area (Å²) in [5.41, 5.74) is 3.79. The van der Waals surface area contributed by atoms with Crippen LogP contribution >= 0.6 is 0 Å². The molecule has 0 spiro atoms. The van der Waals surface area contributed by atoms with Crippen LogP contribution in [-0.4, -0.2) is 12.7 Å². The number of hydrogen-bond acceptors (Lipinski definition) is 1. The van der Waals surface area contributed by atoms with Gasteiger partial charge in [0.15, 0.2) is 0 Å². The smallest absolute Gasteiger partial charge is 0.0831 e. The molecular weight excluding hydrogens is 232 g/mol. The molecule has 0 amide bonds. The second-order valence-corrected chi connectivity index (χ2v) is 4.88. The van der Waals surface area contributed by atoms with Gasteiger partial charge in [0.2, 0.25) is 0 Å². The molecule has 1 heteroatoms. The highest BCUT2D eigenvalue weighted by Crippen LogP contribution is 2.29.